The summed E-state index contributed by atoms with van der Waals surface area (Å²) in [6, 6.07) is 12.7. The van der Waals surface area contributed by atoms with Crippen molar-refractivity contribution in [2.24, 2.45) is 0 Å². The molecule has 1 fully saturated rings. The predicted octanol–water partition coefficient (Wildman–Crippen LogP) is 3.18. The molecule has 2 aromatic heterocycles. The number of nitrogens with zero attached hydrogens (tertiary/aromatic N) is 5. The topological polar surface area (TPSA) is 118 Å². The van der Waals surface area contributed by atoms with Crippen molar-refractivity contribution in [1.29, 1.82) is 0 Å². The second-order valence-corrected chi connectivity index (χ2v) is 9.00. The zero-order valence-electron chi connectivity index (χ0n) is 17.1. The first-order chi connectivity index (χ1) is 15.5. The van der Waals surface area contributed by atoms with E-state index in [-0.39, 0.29) is 16.5 Å². The molecule has 9 nitrogen and oxygen atoms in total. The standard InChI is InChI=1S/C22H20N6O3S/c23-22-18-4-1-14(7-19(18)24-13-25-22)10-27-6-5-26(12-21(27)29)11-17-8-15-2-3-16(28(30)31)9-20(15)32-17/h1-4,7-9,13H,5-6,10-12H2,(H2,23,24,25). The number of rotatable bonds is 5. The van der Waals surface area contributed by atoms with Gasteiger partial charge in [0.25, 0.3) is 5.69 Å². The second-order valence-electron chi connectivity index (χ2n) is 7.83. The Morgan fingerprint density at radius 3 is 2.78 bits per heavy atom. The molecule has 0 atom stereocenters. The Bertz CT molecular complexity index is 1350. The number of carbonyl (C=O) groups is 1. The van der Waals surface area contributed by atoms with Gasteiger partial charge in [-0.15, -0.1) is 11.3 Å². The summed E-state index contributed by atoms with van der Waals surface area (Å²) in [7, 11) is 0. The van der Waals surface area contributed by atoms with Crippen LogP contribution >= 0.6 is 11.3 Å². The number of aromatic nitrogens is 2. The van der Waals surface area contributed by atoms with Gasteiger partial charge in [0, 0.05) is 53.3 Å². The van der Waals surface area contributed by atoms with E-state index in [1.54, 1.807) is 12.1 Å². The van der Waals surface area contributed by atoms with Gasteiger partial charge in [-0.05, 0) is 35.2 Å². The molecule has 1 amide bonds. The minimum Gasteiger partial charge on any atom is -0.383 e. The van der Waals surface area contributed by atoms with E-state index >= 15 is 0 Å². The summed E-state index contributed by atoms with van der Waals surface area (Å²) in [6.07, 6.45) is 1.44. The third-order valence-corrected chi connectivity index (χ3v) is 6.73. The highest BCUT2D eigenvalue weighted by Crippen LogP contribution is 2.30. The van der Waals surface area contributed by atoms with Gasteiger partial charge < -0.3 is 10.6 Å². The largest absolute Gasteiger partial charge is 0.383 e. The number of hydrogen-bond donors (Lipinski definition) is 1. The van der Waals surface area contributed by atoms with Gasteiger partial charge in [-0.25, -0.2) is 9.97 Å². The molecule has 5 rings (SSSR count). The first kappa shape index (κ1) is 20.3. The Morgan fingerprint density at radius 2 is 1.97 bits per heavy atom. The van der Waals surface area contributed by atoms with E-state index in [0.29, 0.717) is 32.0 Å². The summed E-state index contributed by atoms with van der Waals surface area (Å²) in [5, 5.41) is 12.8. The highest BCUT2D eigenvalue weighted by Gasteiger charge is 2.24. The number of nitrogens with two attached hydrogens (primary N) is 1. The molecule has 2 aromatic carbocycles. The molecule has 0 spiro atoms. The van der Waals surface area contributed by atoms with Crippen molar-refractivity contribution >= 4 is 49.7 Å². The highest BCUT2D eigenvalue weighted by molar-refractivity contribution is 7.19. The van der Waals surface area contributed by atoms with E-state index in [9.17, 15) is 14.9 Å². The number of non-ortho nitro benzene ring substituents is 1. The van der Waals surface area contributed by atoms with Crippen molar-refractivity contribution in [2.45, 2.75) is 13.1 Å². The zero-order chi connectivity index (χ0) is 22.2. The first-order valence-electron chi connectivity index (χ1n) is 10.1. The van der Waals surface area contributed by atoms with Crippen molar-refractivity contribution in [3.8, 4) is 0 Å². The molecule has 0 bridgehead atoms. The van der Waals surface area contributed by atoms with E-state index in [1.165, 1.54) is 23.7 Å². The van der Waals surface area contributed by atoms with Crippen molar-refractivity contribution in [3.63, 3.8) is 0 Å². The lowest BCUT2D eigenvalue weighted by atomic mass is 10.1. The van der Waals surface area contributed by atoms with Gasteiger partial charge in [0.2, 0.25) is 5.91 Å². The van der Waals surface area contributed by atoms with Crippen LogP contribution in [-0.2, 0) is 17.9 Å². The Kier molecular flexibility index (Phi) is 5.16. The number of amides is 1. The third-order valence-electron chi connectivity index (χ3n) is 5.65. The lowest BCUT2D eigenvalue weighted by molar-refractivity contribution is -0.384. The lowest BCUT2D eigenvalue weighted by Gasteiger charge is -2.34. The Balaban J connectivity index is 1.24. The Morgan fingerprint density at radius 1 is 1.09 bits per heavy atom. The van der Waals surface area contributed by atoms with Crippen LogP contribution in [0.15, 0.2) is 48.8 Å². The molecule has 1 aliphatic heterocycles. The average molecular weight is 449 g/mol. The molecule has 2 N–H and O–H groups in total. The maximum atomic E-state index is 12.8. The van der Waals surface area contributed by atoms with Gasteiger partial charge in [0.05, 0.1) is 17.0 Å². The van der Waals surface area contributed by atoms with Crippen LogP contribution in [0.3, 0.4) is 0 Å². The van der Waals surface area contributed by atoms with E-state index < -0.39 is 0 Å². The lowest BCUT2D eigenvalue weighted by Crippen LogP contribution is -2.49. The van der Waals surface area contributed by atoms with Crippen LogP contribution in [-0.4, -0.2) is 50.2 Å². The Hall–Kier alpha value is -3.63. The molecule has 0 radical (unpaired) electrons. The smallest absolute Gasteiger partial charge is 0.270 e. The minimum atomic E-state index is -0.381. The van der Waals surface area contributed by atoms with Gasteiger partial charge in [-0.1, -0.05) is 6.07 Å². The van der Waals surface area contributed by atoms with Crippen molar-refractivity contribution in [1.82, 2.24) is 19.8 Å². The number of nitrogen functional groups attached to an aromatic ring is 1. The predicted molar refractivity (Wildman–Crippen MR) is 123 cm³/mol. The van der Waals surface area contributed by atoms with Crippen LogP contribution in [0.2, 0.25) is 0 Å². The normalized spacial score (nSPS) is 15.0. The summed E-state index contributed by atoms with van der Waals surface area (Å²) in [6.45, 7) is 2.93. The van der Waals surface area contributed by atoms with Crippen LogP contribution in [0.4, 0.5) is 11.5 Å². The molecule has 3 heterocycles. The fourth-order valence-corrected chi connectivity index (χ4v) is 5.13. The number of hydrogen-bond acceptors (Lipinski definition) is 8. The van der Waals surface area contributed by atoms with Gasteiger partial charge >= 0.3 is 0 Å². The molecular formula is C22H20N6O3S. The monoisotopic (exact) mass is 448 g/mol. The molecule has 162 valence electrons. The van der Waals surface area contributed by atoms with Gasteiger partial charge in [0.1, 0.15) is 12.1 Å². The molecular weight excluding hydrogens is 428 g/mol. The van der Waals surface area contributed by atoms with Gasteiger partial charge in [0.15, 0.2) is 0 Å². The fourth-order valence-electron chi connectivity index (χ4n) is 3.99. The van der Waals surface area contributed by atoms with Crippen LogP contribution in [0.5, 0.6) is 0 Å². The summed E-state index contributed by atoms with van der Waals surface area (Å²) >= 11 is 1.54. The molecule has 4 aromatic rings. The Labute approximate surface area is 187 Å². The van der Waals surface area contributed by atoms with Crippen LogP contribution < -0.4 is 5.73 Å². The SMILES string of the molecule is Nc1ncnc2cc(CN3CCN(Cc4cc5ccc([N+](=O)[O-])cc5s4)CC3=O)ccc12. The van der Waals surface area contributed by atoms with Crippen molar-refractivity contribution in [3.05, 3.63) is 69.3 Å². The van der Waals surface area contributed by atoms with E-state index in [2.05, 4.69) is 14.9 Å². The van der Waals surface area contributed by atoms with Crippen LogP contribution in [0, 0.1) is 10.1 Å². The molecule has 10 heteroatoms. The molecule has 0 unspecified atom stereocenters. The van der Waals surface area contributed by atoms with E-state index in [1.807, 2.05) is 29.2 Å². The summed E-state index contributed by atoms with van der Waals surface area (Å²) < 4.78 is 0.889. The molecule has 0 saturated carbocycles. The number of carbonyl (C=O) groups excluding carboxylic acids is 1. The summed E-state index contributed by atoms with van der Waals surface area (Å²) in [4.78, 5) is 36.7. The van der Waals surface area contributed by atoms with Crippen LogP contribution in [0.1, 0.15) is 10.4 Å². The average Bonchev–Trinajstić information content (AvgIpc) is 3.17. The highest BCUT2D eigenvalue weighted by atomic mass is 32.1. The number of benzene rings is 2. The maximum absolute atomic E-state index is 12.8. The molecule has 0 aliphatic carbocycles. The number of fused-ring (bicyclic) bond motifs is 2. The number of thiophene rings is 1. The molecule has 1 saturated heterocycles. The van der Waals surface area contributed by atoms with E-state index in [4.69, 9.17) is 5.73 Å². The zero-order valence-corrected chi connectivity index (χ0v) is 17.9. The third kappa shape index (κ3) is 3.97. The van der Waals surface area contributed by atoms with Crippen LogP contribution in [0.25, 0.3) is 21.0 Å². The van der Waals surface area contributed by atoms with Crippen molar-refractivity contribution in [2.75, 3.05) is 25.4 Å². The van der Waals surface area contributed by atoms with Gasteiger partial charge in [-0.3, -0.25) is 19.8 Å². The first-order valence-corrected chi connectivity index (χ1v) is 10.9. The number of piperazine rings is 1. The number of nitro groups is 1. The fraction of sp³-hybridized carbons (Fsp3) is 0.227. The minimum absolute atomic E-state index is 0.0790. The second kappa shape index (κ2) is 8.13. The molecule has 32 heavy (non-hydrogen) atoms. The van der Waals surface area contributed by atoms with Crippen molar-refractivity contribution < 1.29 is 9.72 Å². The maximum Gasteiger partial charge on any atom is 0.270 e. The number of anilines is 1. The summed E-state index contributed by atoms with van der Waals surface area (Å²) in [5.41, 5.74) is 7.75. The quantitative estimate of drug-likeness (QED) is 0.368. The summed E-state index contributed by atoms with van der Waals surface area (Å²) in [5.74, 6) is 0.525. The van der Waals surface area contributed by atoms with Gasteiger partial charge in [-0.2, -0.15) is 0 Å². The van der Waals surface area contributed by atoms with E-state index in [0.717, 1.165) is 38.0 Å². The molecule has 1 aliphatic rings. The number of nitro benzene ring substituents is 1.